The first kappa shape index (κ1) is 15.1. The molecule has 0 aromatic heterocycles. The average Bonchev–Trinajstić information content (AvgIpc) is 2.49. The molecule has 6 heteroatoms. The van der Waals surface area contributed by atoms with Gasteiger partial charge in [0.15, 0.2) is 0 Å². The molecule has 0 unspecified atom stereocenters. The maximum atomic E-state index is 13.5. The van der Waals surface area contributed by atoms with Gasteiger partial charge in [0.25, 0.3) is 0 Å². The summed E-state index contributed by atoms with van der Waals surface area (Å²) < 4.78 is 18.5. The van der Waals surface area contributed by atoms with Crippen LogP contribution in [0.5, 0.6) is 5.75 Å². The minimum Gasteiger partial charge on any atom is -0.497 e. The van der Waals surface area contributed by atoms with Gasteiger partial charge in [-0.25, -0.2) is 4.39 Å². The van der Waals surface area contributed by atoms with Gasteiger partial charge in [-0.15, -0.1) is 0 Å². The third kappa shape index (κ3) is 4.36. The Labute approximate surface area is 126 Å². The zero-order valence-corrected chi connectivity index (χ0v) is 12.1. The average molecular weight is 309 g/mol. The molecule has 110 valence electrons. The molecule has 2 rings (SSSR count). The Hall–Kier alpha value is -2.27. The SMILES string of the molecule is COc1ccc(NCC(=O)Nc2cc(Cl)ccc2F)cc1. The third-order valence-electron chi connectivity index (χ3n) is 2.75. The van der Waals surface area contributed by atoms with Crippen molar-refractivity contribution in [3.8, 4) is 5.75 Å². The number of nitrogens with one attached hydrogen (secondary N) is 2. The Morgan fingerprint density at radius 3 is 2.62 bits per heavy atom. The summed E-state index contributed by atoms with van der Waals surface area (Å²) in [7, 11) is 1.58. The number of benzene rings is 2. The summed E-state index contributed by atoms with van der Waals surface area (Å²) in [5.41, 5.74) is 0.821. The molecule has 4 nitrogen and oxygen atoms in total. The molecule has 0 saturated heterocycles. The van der Waals surface area contributed by atoms with E-state index in [0.29, 0.717) is 5.02 Å². The predicted octanol–water partition coefficient (Wildman–Crippen LogP) is 3.54. The summed E-state index contributed by atoms with van der Waals surface area (Å²) in [5.74, 6) is -0.171. The number of halogens is 2. The molecule has 0 aliphatic heterocycles. The highest BCUT2D eigenvalue weighted by molar-refractivity contribution is 6.30. The zero-order valence-electron chi connectivity index (χ0n) is 11.3. The molecule has 2 aromatic rings. The van der Waals surface area contributed by atoms with E-state index < -0.39 is 5.82 Å². The van der Waals surface area contributed by atoms with Gasteiger partial charge < -0.3 is 15.4 Å². The molecule has 0 bridgehead atoms. The molecule has 2 N–H and O–H groups in total. The number of methoxy groups -OCH3 is 1. The van der Waals surface area contributed by atoms with Crippen molar-refractivity contribution in [2.45, 2.75) is 0 Å². The first-order chi connectivity index (χ1) is 10.1. The second-order valence-electron chi connectivity index (χ2n) is 4.25. The standard InChI is InChI=1S/C15H14ClFN2O2/c1-21-12-5-3-11(4-6-12)18-9-15(20)19-14-8-10(16)2-7-13(14)17/h2-8,18H,9H2,1H3,(H,19,20). The summed E-state index contributed by atoms with van der Waals surface area (Å²) in [4.78, 5) is 11.8. The molecule has 0 saturated carbocycles. The van der Waals surface area contributed by atoms with E-state index in [9.17, 15) is 9.18 Å². The molecule has 0 heterocycles. The lowest BCUT2D eigenvalue weighted by atomic mass is 10.3. The Morgan fingerprint density at radius 1 is 1.24 bits per heavy atom. The number of rotatable bonds is 5. The smallest absolute Gasteiger partial charge is 0.243 e. The van der Waals surface area contributed by atoms with Crippen LogP contribution in [0.25, 0.3) is 0 Å². The molecule has 0 aliphatic rings. The van der Waals surface area contributed by atoms with E-state index in [-0.39, 0.29) is 18.1 Å². The topological polar surface area (TPSA) is 50.4 Å². The van der Waals surface area contributed by atoms with Crippen LogP contribution in [0.3, 0.4) is 0 Å². The highest BCUT2D eigenvalue weighted by Crippen LogP contribution is 2.19. The van der Waals surface area contributed by atoms with Crippen molar-refractivity contribution in [2.75, 3.05) is 24.3 Å². The lowest BCUT2D eigenvalue weighted by Crippen LogP contribution is -2.22. The molecule has 0 fully saturated rings. The lowest BCUT2D eigenvalue weighted by molar-refractivity contribution is -0.114. The van der Waals surface area contributed by atoms with Crippen molar-refractivity contribution in [3.63, 3.8) is 0 Å². The van der Waals surface area contributed by atoms with Crippen LogP contribution in [-0.4, -0.2) is 19.6 Å². The molecule has 2 aromatic carbocycles. The van der Waals surface area contributed by atoms with Gasteiger partial charge in [0, 0.05) is 10.7 Å². The number of carbonyl (C=O) groups excluding carboxylic acids is 1. The van der Waals surface area contributed by atoms with Crippen LogP contribution in [0, 0.1) is 5.82 Å². The number of ether oxygens (including phenoxy) is 1. The zero-order chi connectivity index (χ0) is 15.2. The number of anilines is 2. The number of hydrogen-bond acceptors (Lipinski definition) is 3. The van der Waals surface area contributed by atoms with Gasteiger partial charge in [-0.2, -0.15) is 0 Å². The second kappa shape index (κ2) is 6.95. The van der Waals surface area contributed by atoms with Crippen molar-refractivity contribution in [1.82, 2.24) is 0 Å². The first-order valence-electron chi connectivity index (χ1n) is 6.21. The Bertz CT molecular complexity index is 632. The van der Waals surface area contributed by atoms with Gasteiger partial charge in [0.1, 0.15) is 11.6 Å². The van der Waals surface area contributed by atoms with Gasteiger partial charge in [-0.3, -0.25) is 4.79 Å². The second-order valence-corrected chi connectivity index (χ2v) is 4.69. The van der Waals surface area contributed by atoms with E-state index >= 15 is 0 Å². The largest absolute Gasteiger partial charge is 0.497 e. The number of amides is 1. The lowest BCUT2D eigenvalue weighted by Gasteiger charge is -2.09. The fourth-order valence-electron chi connectivity index (χ4n) is 1.68. The fraction of sp³-hybridized carbons (Fsp3) is 0.133. The minimum absolute atomic E-state index is 0.0122. The van der Waals surface area contributed by atoms with E-state index in [4.69, 9.17) is 16.3 Å². The van der Waals surface area contributed by atoms with Gasteiger partial charge in [0.2, 0.25) is 5.91 Å². The summed E-state index contributed by atoms with van der Waals surface area (Å²) in [6, 6.07) is 11.1. The van der Waals surface area contributed by atoms with E-state index in [1.165, 1.54) is 18.2 Å². The van der Waals surface area contributed by atoms with Crippen LogP contribution in [0.15, 0.2) is 42.5 Å². The molecular weight excluding hydrogens is 295 g/mol. The first-order valence-corrected chi connectivity index (χ1v) is 6.59. The van der Waals surface area contributed by atoms with E-state index in [1.54, 1.807) is 31.4 Å². The van der Waals surface area contributed by atoms with Crippen LogP contribution in [0.4, 0.5) is 15.8 Å². The molecular formula is C15H14ClFN2O2. The molecule has 1 amide bonds. The molecule has 0 spiro atoms. The summed E-state index contributed by atoms with van der Waals surface area (Å²) >= 11 is 5.76. The minimum atomic E-state index is -0.530. The number of hydrogen-bond donors (Lipinski definition) is 2. The maximum absolute atomic E-state index is 13.5. The van der Waals surface area contributed by atoms with Crippen molar-refractivity contribution in [2.24, 2.45) is 0 Å². The van der Waals surface area contributed by atoms with Crippen LogP contribution in [0.2, 0.25) is 5.02 Å². The van der Waals surface area contributed by atoms with Crippen LogP contribution < -0.4 is 15.4 Å². The third-order valence-corrected chi connectivity index (χ3v) is 2.98. The van der Waals surface area contributed by atoms with Gasteiger partial charge in [-0.05, 0) is 42.5 Å². The monoisotopic (exact) mass is 308 g/mol. The van der Waals surface area contributed by atoms with Crippen molar-refractivity contribution < 1.29 is 13.9 Å². The van der Waals surface area contributed by atoms with Crippen LogP contribution in [0.1, 0.15) is 0 Å². The molecule has 0 atom stereocenters. The maximum Gasteiger partial charge on any atom is 0.243 e. The van der Waals surface area contributed by atoms with Gasteiger partial charge in [-0.1, -0.05) is 11.6 Å². The van der Waals surface area contributed by atoms with Crippen molar-refractivity contribution in [3.05, 3.63) is 53.3 Å². The van der Waals surface area contributed by atoms with Gasteiger partial charge >= 0.3 is 0 Å². The number of carbonyl (C=O) groups is 1. The fourth-order valence-corrected chi connectivity index (χ4v) is 1.85. The normalized spacial score (nSPS) is 10.0. The predicted molar refractivity (Wildman–Crippen MR) is 81.5 cm³/mol. The van der Waals surface area contributed by atoms with Crippen LogP contribution in [-0.2, 0) is 4.79 Å². The summed E-state index contributed by atoms with van der Waals surface area (Å²) in [6.45, 7) is 0.0122. The quantitative estimate of drug-likeness (QED) is 0.888. The van der Waals surface area contributed by atoms with Crippen LogP contribution >= 0.6 is 11.6 Å². The summed E-state index contributed by atoms with van der Waals surface area (Å²) in [5, 5.41) is 5.74. The molecule has 21 heavy (non-hydrogen) atoms. The Morgan fingerprint density at radius 2 is 1.95 bits per heavy atom. The van der Waals surface area contributed by atoms with E-state index in [1.807, 2.05) is 0 Å². The van der Waals surface area contributed by atoms with Gasteiger partial charge in [0.05, 0.1) is 19.3 Å². The summed E-state index contributed by atoms with van der Waals surface area (Å²) in [6.07, 6.45) is 0. The van der Waals surface area contributed by atoms with Crippen molar-refractivity contribution >= 4 is 28.9 Å². The molecule has 0 radical (unpaired) electrons. The Balaban J connectivity index is 1.91. The highest BCUT2D eigenvalue weighted by atomic mass is 35.5. The highest BCUT2D eigenvalue weighted by Gasteiger charge is 2.07. The van der Waals surface area contributed by atoms with E-state index in [2.05, 4.69) is 10.6 Å². The van der Waals surface area contributed by atoms with E-state index in [0.717, 1.165) is 11.4 Å². The Kier molecular flexibility index (Phi) is 5.00. The van der Waals surface area contributed by atoms with Crippen molar-refractivity contribution in [1.29, 1.82) is 0 Å². The molecule has 0 aliphatic carbocycles.